The van der Waals surface area contributed by atoms with Crippen LogP contribution in [0.4, 0.5) is 11.4 Å². The van der Waals surface area contributed by atoms with Gasteiger partial charge in [-0.3, -0.25) is 24.6 Å². The lowest BCUT2D eigenvalue weighted by atomic mass is 10.0. The Morgan fingerprint density at radius 3 is 2.75 bits per heavy atom. The Hall–Kier alpha value is -2.15. The van der Waals surface area contributed by atoms with Crippen LogP contribution in [0.2, 0.25) is 5.02 Å². The minimum absolute atomic E-state index is 0.122. The molecule has 0 radical (unpaired) electrons. The molecule has 1 aromatic rings. The van der Waals surface area contributed by atoms with Crippen molar-refractivity contribution in [2.45, 2.75) is 18.9 Å². The third-order valence-corrected chi connectivity index (χ3v) is 3.46. The number of nitrogens with one attached hydrogen (secondary N) is 1. The summed E-state index contributed by atoms with van der Waals surface area (Å²) in [5, 5.41) is 13.7. The summed E-state index contributed by atoms with van der Waals surface area (Å²) >= 11 is 5.95. The summed E-state index contributed by atoms with van der Waals surface area (Å²) in [6.45, 7) is 0. The summed E-state index contributed by atoms with van der Waals surface area (Å²) in [6.07, 6.45) is 0.639. The average molecular weight is 298 g/mol. The molecule has 0 saturated carbocycles. The van der Waals surface area contributed by atoms with E-state index in [9.17, 15) is 19.7 Å². The van der Waals surface area contributed by atoms with E-state index < -0.39 is 11.0 Å². The number of imide groups is 1. The highest BCUT2D eigenvalue weighted by atomic mass is 35.5. The maximum Gasteiger partial charge on any atom is 0.271 e. The zero-order valence-corrected chi connectivity index (χ0v) is 11.4. The Kier molecular flexibility index (Phi) is 3.89. The number of carbonyl (C=O) groups is 2. The molecule has 2 rings (SSSR count). The van der Waals surface area contributed by atoms with Crippen LogP contribution < -0.4 is 5.32 Å². The zero-order valence-electron chi connectivity index (χ0n) is 10.6. The van der Waals surface area contributed by atoms with E-state index in [1.807, 2.05) is 0 Å². The second kappa shape index (κ2) is 5.46. The van der Waals surface area contributed by atoms with Crippen molar-refractivity contribution in [2.24, 2.45) is 0 Å². The Morgan fingerprint density at radius 1 is 1.45 bits per heavy atom. The average Bonchev–Trinajstić information content (AvgIpc) is 2.41. The summed E-state index contributed by atoms with van der Waals surface area (Å²) in [7, 11) is 1.43. The SMILES string of the molecule is CN1C(=O)CCC(Nc2ccc([N+](=O)[O-])cc2Cl)C1=O. The first-order valence-corrected chi connectivity index (χ1v) is 6.29. The van der Waals surface area contributed by atoms with Crippen LogP contribution in [0.5, 0.6) is 0 Å². The van der Waals surface area contributed by atoms with Gasteiger partial charge in [0.25, 0.3) is 11.6 Å². The van der Waals surface area contributed by atoms with Gasteiger partial charge in [0.15, 0.2) is 0 Å². The molecule has 2 amide bonds. The molecule has 1 unspecified atom stereocenters. The molecule has 1 atom stereocenters. The van der Waals surface area contributed by atoms with Crippen LogP contribution in [0, 0.1) is 10.1 Å². The first-order chi connectivity index (χ1) is 9.40. The van der Waals surface area contributed by atoms with E-state index in [4.69, 9.17) is 11.6 Å². The number of nitro groups is 1. The predicted octanol–water partition coefficient (Wildman–Crippen LogP) is 1.81. The van der Waals surface area contributed by atoms with Crippen molar-refractivity contribution in [3.05, 3.63) is 33.3 Å². The maximum atomic E-state index is 11.9. The molecule has 1 aromatic carbocycles. The molecule has 0 aromatic heterocycles. The Labute approximate surface area is 119 Å². The second-order valence-corrected chi connectivity index (χ2v) is 4.86. The van der Waals surface area contributed by atoms with Gasteiger partial charge >= 0.3 is 0 Å². The van der Waals surface area contributed by atoms with Gasteiger partial charge in [-0.25, -0.2) is 0 Å². The Morgan fingerprint density at radius 2 is 2.15 bits per heavy atom. The van der Waals surface area contributed by atoms with E-state index in [1.54, 1.807) is 0 Å². The monoisotopic (exact) mass is 297 g/mol. The number of non-ortho nitro benzene ring substituents is 1. The summed E-state index contributed by atoms with van der Waals surface area (Å²) in [4.78, 5) is 34.4. The molecule has 7 nitrogen and oxygen atoms in total. The van der Waals surface area contributed by atoms with Gasteiger partial charge in [0.05, 0.1) is 15.6 Å². The largest absolute Gasteiger partial charge is 0.372 e. The van der Waals surface area contributed by atoms with E-state index in [0.717, 1.165) is 4.90 Å². The number of nitrogens with zero attached hydrogens (tertiary/aromatic N) is 2. The molecule has 1 aliphatic rings. The van der Waals surface area contributed by atoms with Gasteiger partial charge in [0.2, 0.25) is 5.91 Å². The highest BCUT2D eigenvalue weighted by molar-refractivity contribution is 6.33. The van der Waals surface area contributed by atoms with Gasteiger partial charge in [0.1, 0.15) is 6.04 Å². The van der Waals surface area contributed by atoms with Crippen molar-refractivity contribution < 1.29 is 14.5 Å². The van der Waals surface area contributed by atoms with E-state index in [1.165, 1.54) is 25.2 Å². The molecule has 106 valence electrons. The van der Waals surface area contributed by atoms with Gasteiger partial charge in [0, 0.05) is 25.6 Å². The molecule has 0 spiro atoms. The van der Waals surface area contributed by atoms with Crippen molar-refractivity contribution in [3.63, 3.8) is 0 Å². The molecule has 8 heteroatoms. The number of likely N-dealkylation sites (N-methyl/N-ethyl adjacent to an activating group) is 1. The minimum atomic E-state index is -0.559. The van der Waals surface area contributed by atoms with Crippen molar-refractivity contribution >= 4 is 34.8 Å². The van der Waals surface area contributed by atoms with Crippen molar-refractivity contribution in [1.82, 2.24) is 4.90 Å². The fourth-order valence-electron chi connectivity index (χ4n) is 1.97. The quantitative estimate of drug-likeness (QED) is 0.522. The number of anilines is 1. The fourth-order valence-corrected chi connectivity index (χ4v) is 2.20. The third kappa shape index (κ3) is 2.72. The van der Waals surface area contributed by atoms with Crippen LogP contribution in [0.15, 0.2) is 18.2 Å². The Balaban J connectivity index is 2.16. The van der Waals surface area contributed by atoms with E-state index in [0.29, 0.717) is 12.1 Å². The Bertz CT molecular complexity index is 590. The van der Waals surface area contributed by atoms with Crippen LogP contribution >= 0.6 is 11.6 Å². The van der Waals surface area contributed by atoms with Gasteiger partial charge in [-0.15, -0.1) is 0 Å². The number of piperidine rings is 1. The predicted molar refractivity (Wildman–Crippen MR) is 72.5 cm³/mol. The number of carbonyl (C=O) groups excluding carboxylic acids is 2. The number of amides is 2. The minimum Gasteiger partial charge on any atom is -0.372 e. The molecule has 0 aliphatic carbocycles. The van der Waals surface area contributed by atoms with E-state index >= 15 is 0 Å². The number of benzene rings is 1. The molecule has 0 bridgehead atoms. The van der Waals surface area contributed by atoms with Crippen LogP contribution in [0.25, 0.3) is 0 Å². The number of hydrogen-bond acceptors (Lipinski definition) is 5. The van der Waals surface area contributed by atoms with Crippen molar-refractivity contribution in [3.8, 4) is 0 Å². The first-order valence-electron chi connectivity index (χ1n) is 5.91. The lowest BCUT2D eigenvalue weighted by Crippen LogP contribution is -2.48. The van der Waals surface area contributed by atoms with Crippen LogP contribution in [0.3, 0.4) is 0 Å². The molecule has 1 fully saturated rings. The lowest BCUT2D eigenvalue weighted by Gasteiger charge is -2.29. The molecular formula is C12H12ClN3O4. The van der Waals surface area contributed by atoms with Gasteiger partial charge < -0.3 is 5.32 Å². The molecule has 20 heavy (non-hydrogen) atoms. The smallest absolute Gasteiger partial charge is 0.271 e. The highest BCUT2D eigenvalue weighted by Crippen LogP contribution is 2.28. The number of likely N-dealkylation sites (tertiary alicyclic amines) is 1. The van der Waals surface area contributed by atoms with Gasteiger partial charge in [-0.1, -0.05) is 11.6 Å². The fraction of sp³-hybridized carbons (Fsp3) is 0.333. The second-order valence-electron chi connectivity index (χ2n) is 4.45. The van der Waals surface area contributed by atoms with Crippen molar-refractivity contribution in [1.29, 1.82) is 0 Å². The van der Waals surface area contributed by atoms with Gasteiger partial charge in [-0.05, 0) is 12.5 Å². The molecule has 1 heterocycles. The summed E-state index contributed by atoms with van der Waals surface area (Å²) < 4.78 is 0. The molecular weight excluding hydrogens is 286 g/mol. The van der Waals surface area contributed by atoms with Crippen LogP contribution in [-0.2, 0) is 9.59 Å². The van der Waals surface area contributed by atoms with Gasteiger partial charge in [-0.2, -0.15) is 0 Å². The van der Waals surface area contributed by atoms with Crippen molar-refractivity contribution in [2.75, 3.05) is 12.4 Å². The number of rotatable bonds is 3. The molecule has 1 saturated heterocycles. The lowest BCUT2D eigenvalue weighted by molar-refractivity contribution is -0.384. The molecule has 1 N–H and O–H groups in total. The van der Waals surface area contributed by atoms with Crippen LogP contribution in [-0.4, -0.2) is 34.7 Å². The summed E-state index contributed by atoms with van der Waals surface area (Å²) in [5.74, 6) is -0.557. The summed E-state index contributed by atoms with van der Waals surface area (Å²) in [6, 6.07) is 3.41. The maximum absolute atomic E-state index is 11.9. The number of hydrogen-bond donors (Lipinski definition) is 1. The van der Waals surface area contributed by atoms with E-state index in [-0.39, 0.29) is 28.9 Å². The van der Waals surface area contributed by atoms with E-state index in [2.05, 4.69) is 5.32 Å². The zero-order chi connectivity index (χ0) is 14.9. The third-order valence-electron chi connectivity index (χ3n) is 3.14. The highest BCUT2D eigenvalue weighted by Gasteiger charge is 2.32. The summed E-state index contributed by atoms with van der Waals surface area (Å²) in [5.41, 5.74) is 0.307. The molecule has 1 aliphatic heterocycles. The number of halogens is 1. The normalized spacial score (nSPS) is 19.1. The standard InChI is InChI=1S/C12H12ClN3O4/c1-15-11(17)5-4-10(12(15)18)14-9-3-2-7(16(19)20)6-8(9)13/h2-3,6,10,14H,4-5H2,1H3. The number of nitro benzene ring substituents is 1. The first kappa shape index (κ1) is 14.3. The topological polar surface area (TPSA) is 92.6 Å². The van der Waals surface area contributed by atoms with Crippen LogP contribution in [0.1, 0.15) is 12.8 Å².